The molecule has 1 aromatic rings. The molecule has 3 rings (SSSR count). The van der Waals surface area contributed by atoms with Crippen LogP contribution in [0.2, 0.25) is 0 Å². The molecule has 0 bridgehead atoms. The zero-order chi connectivity index (χ0) is 12.0. The maximum Gasteiger partial charge on any atom is 0.257 e. The van der Waals surface area contributed by atoms with E-state index < -0.39 is 0 Å². The van der Waals surface area contributed by atoms with Crippen LogP contribution >= 0.6 is 0 Å². The van der Waals surface area contributed by atoms with Crippen LogP contribution in [0.25, 0.3) is 0 Å². The Morgan fingerprint density at radius 2 is 2.29 bits per heavy atom. The van der Waals surface area contributed by atoms with Crippen LogP contribution in [0.1, 0.15) is 23.2 Å². The van der Waals surface area contributed by atoms with Crippen molar-refractivity contribution in [1.29, 1.82) is 0 Å². The number of aryl methyl sites for hydroxylation is 1. The van der Waals surface area contributed by atoms with E-state index in [4.69, 9.17) is 0 Å². The molecular formula is C12H17N3O2. The van der Waals surface area contributed by atoms with Crippen LogP contribution in [0.5, 0.6) is 0 Å². The van der Waals surface area contributed by atoms with Crippen molar-refractivity contribution in [3.05, 3.63) is 18.0 Å². The van der Waals surface area contributed by atoms with E-state index in [0.717, 1.165) is 19.4 Å². The zero-order valence-corrected chi connectivity index (χ0v) is 9.91. The van der Waals surface area contributed by atoms with Crippen LogP contribution in [0.15, 0.2) is 12.4 Å². The maximum absolute atomic E-state index is 12.2. The van der Waals surface area contributed by atoms with Gasteiger partial charge in [-0.05, 0) is 18.8 Å². The van der Waals surface area contributed by atoms with Crippen molar-refractivity contribution in [1.82, 2.24) is 14.7 Å². The molecule has 3 atom stereocenters. The van der Waals surface area contributed by atoms with E-state index in [1.165, 1.54) is 0 Å². The summed E-state index contributed by atoms with van der Waals surface area (Å²) in [7, 11) is 1.80. The number of amides is 1. The molecular weight excluding hydrogens is 218 g/mol. The molecule has 5 heteroatoms. The summed E-state index contributed by atoms with van der Waals surface area (Å²) in [4.78, 5) is 14.0. The van der Waals surface area contributed by atoms with E-state index in [9.17, 15) is 9.90 Å². The van der Waals surface area contributed by atoms with Crippen LogP contribution in [-0.2, 0) is 7.05 Å². The lowest BCUT2D eigenvalue weighted by molar-refractivity contribution is 0.0752. The molecule has 5 nitrogen and oxygen atoms in total. The van der Waals surface area contributed by atoms with Crippen molar-refractivity contribution < 1.29 is 9.90 Å². The lowest BCUT2D eigenvalue weighted by Gasteiger charge is -2.17. The second-order valence-corrected chi connectivity index (χ2v) is 5.18. The third-order valence-corrected chi connectivity index (χ3v) is 4.06. The first kappa shape index (κ1) is 10.8. The van der Waals surface area contributed by atoms with Gasteiger partial charge in [-0.3, -0.25) is 9.48 Å². The van der Waals surface area contributed by atoms with Gasteiger partial charge in [0, 0.05) is 32.3 Å². The van der Waals surface area contributed by atoms with E-state index in [-0.39, 0.29) is 17.9 Å². The summed E-state index contributed by atoms with van der Waals surface area (Å²) in [5, 5.41) is 13.8. The summed E-state index contributed by atoms with van der Waals surface area (Å²) in [5.74, 6) is 0.820. The monoisotopic (exact) mass is 235 g/mol. The Bertz CT molecular complexity index is 443. The normalized spacial score (nSPS) is 31.9. The minimum atomic E-state index is -0.216. The number of nitrogens with zero attached hydrogens (tertiary/aromatic N) is 3. The smallest absolute Gasteiger partial charge is 0.257 e. The topological polar surface area (TPSA) is 58.4 Å². The molecule has 0 radical (unpaired) electrons. The number of rotatable bonds is 1. The van der Waals surface area contributed by atoms with Gasteiger partial charge in [0.1, 0.15) is 0 Å². The van der Waals surface area contributed by atoms with Crippen LogP contribution < -0.4 is 0 Å². The molecule has 3 unspecified atom stereocenters. The summed E-state index contributed by atoms with van der Waals surface area (Å²) < 4.78 is 1.64. The quantitative estimate of drug-likeness (QED) is 0.759. The van der Waals surface area contributed by atoms with Gasteiger partial charge in [-0.2, -0.15) is 5.10 Å². The standard InChI is InChI=1S/C12H17N3O2/c1-14-5-9(4-13-14)12(17)15-6-8-2-3-11(16)10(8)7-15/h4-5,8,10-11,16H,2-3,6-7H2,1H3. The van der Waals surface area contributed by atoms with Crippen LogP contribution in [0.3, 0.4) is 0 Å². The summed E-state index contributed by atoms with van der Waals surface area (Å²) >= 11 is 0. The van der Waals surface area contributed by atoms with Gasteiger partial charge in [-0.1, -0.05) is 0 Å². The van der Waals surface area contributed by atoms with Crippen LogP contribution in [-0.4, -0.2) is 44.9 Å². The molecule has 1 N–H and O–H groups in total. The number of likely N-dealkylation sites (tertiary alicyclic amines) is 1. The van der Waals surface area contributed by atoms with E-state index in [1.54, 1.807) is 24.1 Å². The highest BCUT2D eigenvalue weighted by Crippen LogP contribution is 2.38. The first-order valence-corrected chi connectivity index (χ1v) is 6.11. The van der Waals surface area contributed by atoms with E-state index in [0.29, 0.717) is 18.0 Å². The van der Waals surface area contributed by atoms with Crippen molar-refractivity contribution in [3.8, 4) is 0 Å². The molecule has 2 fully saturated rings. The molecule has 92 valence electrons. The predicted octanol–water partition coefficient (Wildman–Crippen LogP) is 0.263. The number of aliphatic hydroxyl groups is 1. The third kappa shape index (κ3) is 1.74. The van der Waals surface area contributed by atoms with Gasteiger partial charge in [0.05, 0.1) is 17.9 Å². The second kappa shape index (κ2) is 3.84. The average Bonchev–Trinajstić information content (AvgIpc) is 2.96. The number of carbonyl (C=O) groups excluding carboxylic acids is 1. The number of fused-ring (bicyclic) bond motifs is 1. The Hall–Kier alpha value is -1.36. The number of hydrogen-bond acceptors (Lipinski definition) is 3. The van der Waals surface area contributed by atoms with Gasteiger partial charge >= 0.3 is 0 Å². The first-order chi connectivity index (χ1) is 8.15. The number of hydrogen-bond donors (Lipinski definition) is 1. The summed E-state index contributed by atoms with van der Waals surface area (Å²) in [5.41, 5.74) is 0.641. The van der Waals surface area contributed by atoms with E-state index >= 15 is 0 Å². The van der Waals surface area contributed by atoms with Crippen molar-refractivity contribution in [2.75, 3.05) is 13.1 Å². The van der Waals surface area contributed by atoms with Crippen LogP contribution in [0, 0.1) is 11.8 Å². The Morgan fingerprint density at radius 1 is 1.47 bits per heavy atom. The van der Waals surface area contributed by atoms with E-state index in [2.05, 4.69) is 5.10 Å². The summed E-state index contributed by atoms with van der Waals surface area (Å²) in [6.07, 6.45) is 5.07. The maximum atomic E-state index is 12.2. The fourth-order valence-corrected chi connectivity index (χ4v) is 3.12. The lowest BCUT2D eigenvalue weighted by atomic mass is 10.00. The van der Waals surface area contributed by atoms with E-state index in [1.807, 2.05) is 4.90 Å². The summed E-state index contributed by atoms with van der Waals surface area (Å²) in [6.45, 7) is 1.48. The minimum absolute atomic E-state index is 0.0414. The third-order valence-electron chi connectivity index (χ3n) is 4.06. The van der Waals surface area contributed by atoms with Gasteiger partial charge in [-0.25, -0.2) is 0 Å². The van der Waals surface area contributed by atoms with Crippen LogP contribution in [0.4, 0.5) is 0 Å². The van der Waals surface area contributed by atoms with Gasteiger partial charge < -0.3 is 10.0 Å². The number of carbonyl (C=O) groups is 1. The Balaban J connectivity index is 1.73. The molecule has 0 aromatic carbocycles. The molecule has 0 spiro atoms. The highest BCUT2D eigenvalue weighted by molar-refractivity contribution is 5.93. The van der Waals surface area contributed by atoms with Crippen molar-refractivity contribution in [3.63, 3.8) is 0 Å². The molecule has 1 aromatic heterocycles. The van der Waals surface area contributed by atoms with Gasteiger partial charge in [-0.15, -0.1) is 0 Å². The fraction of sp³-hybridized carbons (Fsp3) is 0.667. The Labute approximate surface area is 100 Å². The largest absolute Gasteiger partial charge is 0.393 e. The minimum Gasteiger partial charge on any atom is -0.393 e. The molecule has 2 aliphatic rings. The molecule has 1 saturated carbocycles. The van der Waals surface area contributed by atoms with Crippen molar-refractivity contribution in [2.45, 2.75) is 18.9 Å². The van der Waals surface area contributed by atoms with Gasteiger partial charge in [0.15, 0.2) is 0 Å². The van der Waals surface area contributed by atoms with Gasteiger partial charge in [0.2, 0.25) is 0 Å². The lowest BCUT2D eigenvalue weighted by Crippen LogP contribution is -2.30. The second-order valence-electron chi connectivity index (χ2n) is 5.18. The average molecular weight is 235 g/mol. The molecule has 2 heterocycles. The predicted molar refractivity (Wildman–Crippen MR) is 61.3 cm³/mol. The van der Waals surface area contributed by atoms with Crippen molar-refractivity contribution >= 4 is 5.91 Å². The number of aromatic nitrogens is 2. The highest BCUT2D eigenvalue weighted by Gasteiger charge is 2.43. The first-order valence-electron chi connectivity index (χ1n) is 6.11. The zero-order valence-electron chi connectivity index (χ0n) is 9.91. The fourth-order valence-electron chi connectivity index (χ4n) is 3.12. The molecule has 1 amide bonds. The molecule has 1 aliphatic heterocycles. The van der Waals surface area contributed by atoms with Crippen molar-refractivity contribution in [2.24, 2.45) is 18.9 Å². The summed E-state index contributed by atoms with van der Waals surface area (Å²) in [6, 6.07) is 0. The number of aliphatic hydroxyl groups excluding tert-OH is 1. The highest BCUT2D eigenvalue weighted by atomic mass is 16.3. The van der Waals surface area contributed by atoms with Gasteiger partial charge in [0.25, 0.3) is 5.91 Å². The Morgan fingerprint density at radius 3 is 2.94 bits per heavy atom. The molecule has 17 heavy (non-hydrogen) atoms. The molecule has 1 saturated heterocycles. The Kier molecular flexibility index (Phi) is 2.43. The SMILES string of the molecule is Cn1cc(C(=O)N2CC3CCC(O)C3C2)cn1. The molecule has 1 aliphatic carbocycles.